The number of aromatic nitrogens is 3. The Labute approximate surface area is 322 Å². The van der Waals surface area contributed by atoms with Crippen LogP contribution in [0.4, 0.5) is 0 Å². The summed E-state index contributed by atoms with van der Waals surface area (Å²) in [6.07, 6.45) is 0. The quantitative estimate of drug-likeness (QED) is 0.171. The molecule has 0 aliphatic carbocycles. The van der Waals surface area contributed by atoms with Crippen LogP contribution in [0.5, 0.6) is 0 Å². The summed E-state index contributed by atoms with van der Waals surface area (Å²) >= 11 is 0. The first-order valence-electron chi connectivity index (χ1n) is 18.7. The minimum absolute atomic E-state index is 0.615. The van der Waals surface area contributed by atoms with Crippen LogP contribution in [-0.4, -0.2) is 15.0 Å². The zero-order chi connectivity index (χ0) is 37.0. The second-order valence-electron chi connectivity index (χ2n) is 14.0. The molecule has 11 aromatic rings. The first kappa shape index (κ1) is 31.9. The van der Waals surface area contributed by atoms with Crippen LogP contribution < -0.4 is 0 Å². The number of para-hydroxylation sites is 2. The van der Waals surface area contributed by atoms with Gasteiger partial charge in [0.1, 0.15) is 22.3 Å². The van der Waals surface area contributed by atoms with Crippen LogP contribution in [0.25, 0.3) is 111 Å². The molecule has 0 saturated heterocycles. The summed E-state index contributed by atoms with van der Waals surface area (Å²) in [5.74, 6) is 1.87. The Hall–Kier alpha value is -7.63. The topological polar surface area (TPSA) is 65.0 Å². The Kier molecular flexibility index (Phi) is 7.42. The van der Waals surface area contributed by atoms with Crippen molar-refractivity contribution in [2.24, 2.45) is 0 Å². The van der Waals surface area contributed by atoms with E-state index in [4.69, 9.17) is 23.8 Å². The molecule has 0 N–H and O–H groups in total. The van der Waals surface area contributed by atoms with E-state index in [1.54, 1.807) is 0 Å². The van der Waals surface area contributed by atoms with Crippen LogP contribution in [0.15, 0.2) is 197 Å². The van der Waals surface area contributed by atoms with Crippen molar-refractivity contribution in [2.75, 3.05) is 0 Å². The van der Waals surface area contributed by atoms with Gasteiger partial charge in [-0.1, -0.05) is 158 Å². The molecular weight excluding hydrogens is 687 g/mol. The standard InChI is InChI=1S/C51H31N3O2/c1-3-12-32(13-4-1)33-24-26-35(27-25-33)50-52-49(34-14-5-2-6-15-34)53-51(54-50)39-19-10-17-37(29-39)36-16-9-18-38(28-36)40-21-11-22-42-44-30-43-41-20-7-8-23-45(41)55-46(43)31-47(44)56-48(40)42/h1-31H. The summed E-state index contributed by atoms with van der Waals surface area (Å²) in [6, 6.07) is 64.6. The highest BCUT2D eigenvalue weighted by molar-refractivity contribution is 6.16. The lowest BCUT2D eigenvalue weighted by atomic mass is 9.96. The van der Waals surface area contributed by atoms with Crippen molar-refractivity contribution in [1.82, 2.24) is 15.0 Å². The lowest BCUT2D eigenvalue weighted by Crippen LogP contribution is -2.00. The number of furan rings is 2. The van der Waals surface area contributed by atoms with E-state index in [9.17, 15) is 0 Å². The summed E-state index contributed by atoms with van der Waals surface area (Å²) in [5, 5.41) is 4.34. The molecule has 5 nitrogen and oxygen atoms in total. The zero-order valence-electron chi connectivity index (χ0n) is 30.1. The van der Waals surface area contributed by atoms with Crippen molar-refractivity contribution in [3.63, 3.8) is 0 Å². The molecule has 5 heteroatoms. The van der Waals surface area contributed by atoms with E-state index in [2.05, 4.69) is 127 Å². The van der Waals surface area contributed by atoms with Crippen molar-refractivity contribution >= 4 is 43.9 Å². The molecule has 0 aliphatic rings. The van der Waals surface area contributed by atoms with Crippen LogP contribution in [0, 0.1) is 0 Å². The fourth-order valence-corrected chi connectivity index (χ4v) is 7.74. The van der Waals surface area contributed by atoms with Crippen LogP contribution in [0.3, 0.4) is 0 Å². The number of rotatable bonds is 6. The maximum absolute atomic E-state index is 6.61. The first-order chi connectivity index (χ1) is 27.7. The van der Waals surface area contributed by atoms with Crippen molar-refractivity contribution in [3.05, 3.63) is 188 Å². The zero-order valence-corrected chi connectivity index (χ0v) is 30.1. The van der Waals surface area contributed by atoms with Gasteiger partial charge in [0.2, 0.25) is 0 Å². The molecule has 0 amide bonds. The second-order valence-corrected chi connectivity index (χ2v) is 14.0. The highest BCUT2D eigenvalue weighted by Crippen LogP contribution is 2.40. The largest absolute Gasteiger partial charge is 0.456 e. The molecule has 0 spiro atoms. The molecule has 8 aromatic carbocycles. The molecule has 262 valence electrons. The molecule has 0 unspecified atom stereocenters. The van der Waals surface area contributed by atoms with Gasteiger partial charge in [0.05, 0.1) is 0 Å². The van der Waals surface area contributed by atoms with Crippen LogP contribution in [-0.2, 0) is 0 Å². The lowest BCUT2D eigenvalue weighted by Gasteiger charge is -2.11. The normalized spacial score (nSPS) is 11.6. The van der Waals surface area contributed by atoms with Gasteiger partial charge in [0.15, 0.2) is 17.5 Å². The van der Waals surface area contributed by atoms with Gasteiger partial charge in [-0.3, -0.25) is 0 Å². The van der Waals surface area contributed by atoms with Gasteiger partial charge in [0, 0.05) is 49.9 Å². The second kappa shape index (κ2) is 13.0. The molecule has 0 bridgehead atoms. The van der Waals surface area contributed by atoms with Crippen LogP contribution in [0.1, 0.15) is 0 Å². The summed E-state index contributed by atoms with van der Waals surface area (Å²) in [5.41, 5.74) is 12.7. The van der Waals surface area contributed by atoms with Crippen LogP contribution in [0.2, 0.25) is 0 Å². The van der Waals surface area contributed by atoms with E-state index in [-0.39, 0.29) is 0 Å². The molecular formula is C51H31N3O2. The van der Waals surface area contributed by atoms with Crippen LogP contribution >= 0.6 is 0 Å². The Bertz CT molecular complexity index is 3240. The summed E-state index contributed by atoms with van der Waals surface area (Å²) in [4.78, 5) is 15.0. The van der Waals surface area contributed by atoms with Gasteiger partial charge >= 0.3 is 0 Å². The van der Waals surface area contributed by atoms with E-state index in [1.807, 2.05) is 60.7 Å². The van der Waals surface area contributed by atoms with Gasteiger partial charge in [-0.15, -0.1) is 0 Å². The smallest absolute Gasteiger partial charge is 0.164 e. The average Bonchev–Trinajstić information content (AvgIpc) is 3.83. The molecule has 11 rings (SSSR count). The first-order valence-corrected chi connectivity index (χ1v) is 18.7. The Morgan fingerprint density at radius 3 is 1.50 bits per heavy atom. The van der Waals surface area contributed by atoms with Crippen molar-refractivity contribution in [2.45, 2.75) is 0 Å². The molecule has 3 aromatic heterocycles. The highest BCUT2D eigenvalue weighted by atomic mass is 16.3. The number of hydrogen-bond acceptors (Lipinski definition) is 5. The van der Waals surface area contributed by atoms with Gasteiger partial charge < -0.3 is 8.83 Å². The molecule has 0 atom stereocenters. The van der Waals surface area contributed by atoms with E-state index in [0.29, 0.717) is 17.5 Å². The summed E-state index contributed by atoms with van der Waals surface area (Å²) < 4.78 is 12.8. The Balaban J connectivity index is 0.979. The van der Waals surface area contributed by atoms with Crippen molar-refractivity contribution < 1.29 is 8.83 Å². The van der Waals surface area contributed by atoms with Gasteiger partial charge in [-0.25, -0.2) is 15.0 Å². The maximum Gasteiger partial charge on any atom is 0.164 e. The number of nitrogens with zero attached hydrogens (tertiary/aromatic N) is 3. The van der Waals surface area contributed by atoms with Gasteiger partial charge in [-0.2, -0.15) is 0 Å². The fourth-order valence-electron chi connectivity index (χ4n) is 7.74. The molecule has 0 aliphatic heterocycles. The number of hydrogen-bond donors (Lipinski definition) is 0. The van der Waals surface area contributed by atoms with E-state index < -0.39 is 0 Å². The highest BCUT2D eigenvalue weighted by Gasteiger charge is 2.17. The molecule has 56 heavy (non-hydrogen) atoms. The van der Waals surface area contributed by atoms with Gasteiger partial charge in [0.25, 0.3) is 0 Å². The predicted molar refractivity (Wildman–Crippen MR) is 227 cm³/mol. The molecule has 0 radical (unpaired) electrons. The van der Waals surface area contributed by atoms with Gasteiger partial charge in [-0.05, 0) is 52.1 Å². The van der Waals surface area contributed by atoms with E-state index in [0.717, 1.165) is 88.4 Å². The minimum atomic E-state index is 0.615. The monoisotopic (exact) mass is 717 g/mol. The number of benzene rings is 8. The van der Waals surface area contributed by atoms with E-state index in [1.165, 1.54) is 5.56 Å². The predicted octanol–water partition coefficient (Wildman–Crippen LogP) is 13.7. The SMILES string of the molecule is c1ccc(-c2ccc(-c3nc(-c4ccccc4)nc(-c4cccc(-c5cccc(-c6cccc7c6oc6cc8oc9ccccc9c8cc67)c5)c4)n3)cc2)cc1. The lowest BCUT2D eigenvalue weighted by molar-refractivity contribution is 0.656. The average molecular weight is 718 g/mol. The molecule has 3 heterocycles. The third-order valence-electron chi connectivity index (χ3n) is 10.5. The molecule has 0 fully saturated rings. The van der Waals surface area contributed by atoms with E-state index >= 15 is 0 Å². The fraction of sp³-hybridized carbons (Fsp3) is 0. The van der Waals surface area contributed by atoms with Crippen molar-refractivity contribution in [1.29, 1.82) is 0 Å². The van der Waals surface area contributed by atoms with Crippen molar-refractivity contribution in [3.8, 4) is 67.5 Å². The summed E-state index contributed by atoms with van der Waals surface area (Å²) in [7, 11) is 0. The third-order valence-corrected chi connectivity index (χ3v) is 10.5. The Morgan fingerprint density at radius 2 is 0.750 bits per heavy atom. The summed E-state index contributed by atoms with van der Waals surface area (Å²) in [6.45, 7) is 0. The Morgan fingerprint density at radius 1 is 0.268 bits per heavy atom. The third kappa shape index (κ3) is 5.53. The maximum atomic E-state index is 6.61. The molecule has 0 saturated carbocycles. The number of fused-ring (bicyclic) bond motifs is 6. The minimum Gasteiger partial charge on any atom is -0.456 e.